The average Bonchev–Trinajstić information content (AvgIpc) is 2.83. The Morgan fingerprint density at radius 2 is 1.91 bits per heavy atom. The maximum Gasteiger partial charge on any atom is 0.289 e. The Morgan fingerprint density at radius 1 is 1.19 bits per heavy atom. The van der Waals surface area contributed by atoms with Crippen LogP contribution in [-0.2, 0) is 37.4 Å². The molecule has 3 rings (SSSR count). The van der Waals surface area contributed by atoms with E-state index in [4.69, 9.17) is 0 Å². The number of nitrogens with zero attached hydrogens (tertiary/aromatic N) is 2. The molecular weight excluding hydrogens is 434 g/mol. The standard InChI is InChI=1S/C21H25N5O5S/c1-13(2)18(26-32(30,31)15-6-4-3-5-7-15)20(28)25-17-9-8-16-14(10-22-12-24-16)11-23-21(29)19(17)27/h3-7,10,12-13,17-18,26H,8-9,11H2,1-2H3,(H,23,29)(H,25,28). The van der Waals surface area contributed by atoms with Gasteiger partial charge in [0.15, 0.2) is 0 Å². The van der Waals surface area contributed by atoms with Crippen LogP contribution in [0, 0.1) is 5.92 Å². The molecule has 2 atom stereocenters. The largest absolute Gasteiger partial charge is 0.345 e. The van der Waals surface area contributed by atoms with Crippen LogP contribution in [0.5, 0.6) is 0 Å². The molecule has 0 saturated heterocycles. The number of carbonyl (C=O) groups excluding carboxylic acids is 3. The van der Waals surface area contributed by atoms with Crippen LogP contribution >= 0.6 is 0 Å². The number of hydrogen-bond donors (Lipinski definition) is 3. The second-order valence-electron chi connectivity index (χ2n) is 7.80. The maximum absolute atomic E-state index is 13.0. The van der Waals surface area contributed by atoms with E-state index < -0.39 is 45.6 Å². The molecule has 0 saturated carbocycles. The molecule has 2 aromatic rings. The SMILES string of the molecule is CC(C)C(NS(=O)(=O)c1ccccc1)C(=O)NC1CCc2ncncc2CNC(=O)C1=O. The number of fused-ring (bicyclic) bond motifs is 1. The molecule has 0 spiro atoms. The topological polar surface area (TPSA) is 147 Å². The first-order valence-electron chi connectivity index (χ1n) is 10.2. The monoisotopic (exact) mass is 459 g/mol. The molecule has 1 aliphatic rings. The van der Waals surface area contributed by atoms with Crippen LogP contribution in [0.25, 0.3) is 0 Å². The van der Waals surface area contributed by atoms with E-state index in [9.17, 15) is 22.8 Å². The molecule has 0 aliphatic carbocycles. The van der Waals surface area contributed by atoms with Gasteiger partial charge in [-0.05, 0) is 30.9 Å². The minimum Gasteiger partial charge on any atom is -0.345 e. The molecule has 1 aliphatic heterocycles. The summed E-state index contributed by atoms with van der Waals surface area (Å²) in [5.74, 6) is -2.74. The van der Waals surface area contributed by atoms with Crippen molar-refractivity contribution in [3.8, 4) is 0 Å². The average molecular weight is 460 g/mol. The number of hydrogen-bond acceptors (Lipinski definition) is 7. The number of amides is 2. The number of ketones is 1. The number of aromatic nitrogens is 2. The van der Waals surface area contributed by atoms with E-state index >= 15 is 0 Å². The minimum atomic E-state index is -3.97. The Hall–Kier alpha value is -3.18. The van der Waals surface area contributed by atoms with Crippen molar-refractivity contribution >= 4 is 27.6 Å². The fourth-order valence-electron chi connectivity index (χ4n) is 3.32. The molecule has 1 aromatic heterocycles. The summed E-state index contributed by atoms with van der Waals surface area (Å²) in [6, 6.07) is 5.42. The van der Waals surface area contributed by atoms with Crippen molar-refractivity contribution in [1.29, 1.82) is 0 Å². The highest BCUT2D eigenvalue weighted by atomic mass is 32.2. The Labute approximate surface area is 186 Å². The van der Waals surface area contributed by atoms with Crippen molar-refractivity contribution in [3.05, 3.63) is 54.1 Å². The van der Waals surface area contributed by atoms with Gasteiger partial charge in [-0.25, -0.2) is 18.4 Å². The van der Waals surface area contributed by atoms with Crippen LogP contribution < -0.4 is 15.4 Å². The molecule has 11 heteroatoms. The van der Waals surface area contributed by atoms with E-state index in [2.05, 4.69) is 25.3 Å². The molecule has 2 unspecified atom stereocenters. The maximum atomic E-state index is 13.0. The zero-order valence-electron chi connectivity index (χ0n) is 17.7. The number of aryl methyl sites for hydroxylation is 1. The normalized spacial score (nSPS) is 18.0. The first kappa shape index (κ1) is 23.5. The summed E-state index contributed by atoms with van der Waals surface area (Å²) in [5, 5.41) is 5.08. The molecule has 1 aromatic carbocycles. The summed E-state index contributed by atoms with van der Waals surface area (Å²) in [7, 11) is -3.97. The highest BCUT2D eigenvalue weighted by Gasteiger charge is 2.33. The number of sulfonamides is 1. The zero-order valence-corrected chi connectivity index (χ0v) is 18.6. The van der Waals surface area contributed by atoms with Crippen molar-refractivity contribution in [3.63, 3.8) is 0 Å². The van der Waals surface area contributed by atoms with Gasteiger partial charge in [0.05, 0.1) is 10.9 Å². The van der Waals surface area contributed by atoms with E-state index in [0.717, 1.165) is 0 Å². The first-order valence-corrected chi connectivity index (χ1v) is 11.6. The van der Waals surface area contributed by atoms with Gasteiger partial charge < -0.3 is 10.6 Å². The second kappa shape index (κ2) is 9.96. The Morgan fingerprint density at radius 3 is 2.59 bits per heavy atom. The molecule has 10 nitrogen and oxygen atoms in total. The highest BCUT2D eigenvalue weighted by molar-refractivity contribution is 7.89. The fraction of sp³-hybridized carbons (Fsp3) is 0.381. The predicted molar refractivity (Wildman–Crippen MR) is 115 cm³/mol. The summed E-state index contributed by atoms with van der Waals surface area (Å²) in [5.41, 5.74) is 1.36. The third-order valence-electron chi connectivity index (χ3n) is 5.13. The van der Waals surface area contributed by atoms with Gasteiger partial charge in [-0.1, -0.05) is 32.0 Å². The molecule has 0 radical (unpaired) electrons. The second-order valence-corrected chi connectivity index (χ2v) is 9.51. The molecule has 0 fully saturated rings. The smallest absolute Gasteiger partial charge is 0.289 e. The lowest BCUT2D eigenvalue weighted by molar-refractivity contribution is -0.140. The van der Waals surface area contributed by atoms with Gasteiger partial charge >= 0.3 is 0 Å². The van der Waals surface area contributed by atoms with Crippen molar-refractivity contribution in [2.24, 2.45) is 5.92 Å². The van der Waals surface area contributed by atoms with Gasteiger partial charge in [0.25, 0.3) is 5.91 Å². The van der Waals surface area contributed by atoms with Gasteiger partial charge in [0.2, 0.25) is 21.7 Å². The third kappa shape index (κ3) is 5.54. The van der Waals surface area contributed by atoms with E-state index in [1.807, 2.05) is 0 Å². The summed E-state index contributed by atoms with van der Waals surface area (Å²) < 4.78 is 27.8. The molecule has 2 amide bonds. The third-order valence-corrected chi connectivity index (χ3v) is 6.59. The lowest BCUT2D eigenvalue weighted by Gasteiger charge is -2.24. The summed E-state index contributed by atoms with van der Waals surface area (Å²) in [6.07, 6.45) is 3.42. The van der Waals surface area contributed by atoms with Gasteiger partial charge in [-0.3, -0.25) is 14.4 Å². The van der Waals surface area contributed by atoms with Crippen LogP contribution in [0.15, 0.2) is 47.8 Å². The molecule has 32 heavy (non-hydrogen) atoms. The number of benzene rings is 1. The molecular formula is C21H25N5O5S. The van der Waals surface area contributed by atoms with E-state index in [-0.39, 0.29) is 17.9 Å². The van der Waals surface area contributed by atoms with E-state index in [1.165, 1.54) is 18.5 Å². The zero-order chi connectivity index (χ0) is 23.3. The molecule has 170 valence electrons. The lowest BCUT2D eigenvalue weighted by Crippen LogP contribution is -2.55. The number of rotatable bonds is 6. The van der Waals surface area contributed by atoms with Gasteiger partial charge in [-0.15, -0.1) is 0 Å². The highest BCUT2D eigenvalue weighted by Crippen LogP contribution is 2.14. The quantitative estimate of drug-likeness (QED) is 0.519. The van der Waals surface area contributed by atoms with Crippen LogP contribution in [0.1, 0.15) is 31.5 Å². The van der Waals surface area contributed by atoms with Crippen molar-refractivity contribution in [2.75, 3.05) is 0 Å². The van der Waals surface area contributed by atoms with Crippen LogP contribution in [0.3, 0.4) is 0 Å². The Bertz CT molecular complexity index is 1100. The van der Waals surface area contributed by atoms with Crippen molar-refractivity contribution in [2.45, 2.75) is 50.2 Å². The van der Waals surface area contributed by atoms with Crippen LogP contribution in [-0.4, -0.2) is 48.1 Å². The molecule has 3 N–H and O–H groups in total. The minimum absolute atomic E-state index is 0.0210. The number of carbonyl (C=O) groups is 3. The summed E-state index contributed by atoms with van der Waals surface area (Å²) in [6.45, 7) is 3.47. The lowest BCUT2D eigenvalue weighted by atomic mass is 10.0. The van der Waals surface area contributed by atoms with E-state index in [1.54, 1.807) is 38.2 Å². The number of Topliss-reactive ketones (excluding diaryl/α,β-unsaturated/α-hetero) is 1. The molecule has 0 bridgehead atoms. The summed E-state index contributed by atoms with van der Waals surface area (Å²) in [4.78, 5) is 46.1. The van der Waals surface area contributed by atoms with Gasteiger partial charge in [-0.2, -0.15) is 4.72 Å². The van der Waals surface area contributed by atoms with E-state index in [0.29, 0.717) is 17.7 Å². The fourth-order valence-corrected chi connectivity index (χ4v) is 4.68. The Balaban J connectivity index is 1.79. The van der Waals surface area contributed by atoms with Crippen molar-refractivity contribution in [1.82, 2.24) is 25.3 Å². The first-order chi connectivity index (χ1) is 15.2. The van der Waals surface area contributed by atoms with Gasteiger partial charge in [0, 0.05) is 24.0 Å². The van der Waals surface area contributed by atoms with Crippen molar-refractivity contribution < 1.29 is 22.8 Å². The summed E-state index contributed by atoms with van der Waals surface area (Å²) >= 11 is 0. The molecule has 2 heterocycles. The Kier molecular flexibility index (Phi) is 7.31. The van der Waals surface area contributed by atoms with Crippen LogP contribution in [0.2, 0.25) is 0 Å². The predicted octanol–water partition coefficient (Wildman–Crippen LogP) is 0.0960. The van der Waals surface area contributed by atoms with Crippen LogP contribution in [0.4, 0.5) is 0 Å². The number of nitrogens with one attached hydrogen (secondary N) is 3. The van der Waals surface area contributed by atoms with Gasteiger partial charge in [0.1, 0.15) is 12.4 Å².